The molecule has 2 heterocycles. The Balaban J connectivity index is 1.48. The molecular formula is C28H18FNO5. The van der Waals surface area contributed by atoms with Crippen LogP contribution in [0.1, 0.15) is 26.3 Å². The summed E-state index contributed by atoms with van der Waals surface area (Å²) in [7, 11) is 0. The molecule has 2 amide bonds. The minimum absolute atomic E-state index is 0.171. The molecule has 3 atom stereocenters. The molecule has 2 fully saturated rings. The van der Waals surface area contributed by atoms with Gasteiger partial charge < -0.3 is 4.74 Å². The maximum absolute atomic E-state index is 13.7. The second-order valence-corrected chi connectivity index (χ2v) is 8.78. The quantitative estimate of drug-likeness (QED) is 0.432. The molecule has 1 spiro atoms. The molecule has 3 aromatic rings. The number of imide groups is 1. The molecule has 0 bridgehead atoms. The number of carbonyl (C=O) groups is 4. The van der Waals surface area contributed by atoms with Crippen molar-refractivity contribution in [2.75, 3.05) is 4.90 Å². The third-order valence-electron chi connectivity index (χ3n) is 6.92. The molecule has 0 N–H and O–H groups in total. The van der Waals surface area contributed by atoms with E-state index in [0.717, 1.165) is 22.6 Å². The van der Waals surface area contributed by atoms with Crippen LogP contribution < -0.4 is 4.90 Å². The summed E-state index contributed by atoms with van der Waals surface area (Å²) in [6.45, 7) is 0. The van der Waals surface area contributed by atoms with Gasteiger partial charge in [0, 0.05) is 11.1 Å². The summed E-state index contributed by atoms with van der Waals surface area (Å²) >= 11 is 0. The minimum Gasteiger partial charge on any atom is -0.350 e. The molecule has 0 aromatic heterocycles. The van der Waals surface area contributed by atoms with E-state index in [-0.39, 0.29) is 16.8 Å². The third kappa shape index (κ3) is 2.91. The zero-order valence-electron chi connectivity index (χ0n) is 18.3. The maximum atomic E-state index is 13.7. The Morgan fingerprint density at radius 2 is 1.37 bits per heavy atom. The van der Waals surface area contributed by atoms with Crippen molar-refractivity contribution in [1.29, 1.82) is 0 Å². The van der Waals surface area contributed by atoms with Crippen LogP contribution in [0.5, 0.6) is 0 Å². The highest BCUT2D eigenvalue weighted by Gasteiger charge is 2.74. The maximum Gasteiger partial charge on any atom is 0.241 e. The highest BCUT2D eigenvalue weighted by molar-refractivity contribution is 6.37. The Morgan fingerprint density at radius 3 is 2.00 bits per heavy atom. The molecule has 0 unspecified atom stereocenters. The molecule has 1 aliphatic carbocycles. The number of ketones is 2. The number of benzene rings is 3. The molecular weight excluding hydrogens is 449 g/mol. The van der Waals surface area contributed by atoms with E-state index in [2.05, 4.69) is 0 Å². The Labute approximate surface area is 199 Å². The molecule has 6 nitrogen and oxygen atoms in total. The summed E-state index contributed by atoms with van der Waals surface area (Å²) in [5.41, 5.74) is -0.782. The van der Waals surface area contributed by atoms with Crippen molar-refractivity contribution < 1.29 is 28.3 Å². The van der Waals surface area contributed by atoms with Gasteiger partial charge in [0.2, 0.25) is 29.0 Å². The van der Waals surface area contributed by atoms with Gasteiger partial charge in [0.1, 0.15) is 5.82 Å². The summed E-state index contributed by atoms with van der Waals surface area (Å²) in [6.07, 6.45) is 2.35. The molecule has 6 rings (SSSR count). The predicted molar refractivity (Wildman–Crippen MR) is 124 cm³/mol. The highest BCUT2D eigenvalue weighted by Crippen LogP contribution is 2.53. The van der Waals surface area contributed by atoms with E-state index in [9.17, 15) is 23.6 Å². The molecule has 172 valence electrons. The number of hydrogen-bond acceptors (Lipinski definition) is 5. The average molecular weight is 467 g/mol. The summed E-state index contributed by atoms with van der Waals surface area (Å²) in [4.78, 5) is 55.5. The van der Waals surface area contributed by atoms with Crippen LogP contribution in [0.15, 0.2) is 84.9 Å². The number of carbonyl (C=O) groups excluding carboxylic acids is 4. The highest BCUT2D eigenvalue weighted by atomic mass is 19.1. The van der Waals surface area contributed by atoms with Crippen LogP contribution in [0, 0.1) is 17.7 Å². The fraction of sp³-hybridized carbons (Fsp3) is 0.143. The number of rotatable bonds is 3. The monoisotopic (exact) mass is 467 g/mol. The standard InChI is InChI=1S/C28H18FNO5/c29-17-11-13-18(14-12-17)30-26(33)22-21(15-10-16-6-2-1-3-7-16)35-28(23(22)27(30)34)24(31)19-8-4-5-9-20(19)25(28)32/h1-15,21-23H/b15-10+/t21-,22+,23-/m0/s1. The first kappa shape index (κ1) is 21.3. The Morgan fingerprint density at radius 1 is 0.771 bits per heavy atom. The summed E-state index contributed by atoms with van der Waals surface area (Å²) in [6, 6.07) is 20.5. The van der Waals surface area contributed by atoms with Gasteiger partial charge in [-0.1, -0.05) is 66.7 Å². The van der Waals surface area contributed by atoms with Crippen molar-refractivity contribution >= 4 is 35.1 Å². The Kier molecular flexibility index (Phi) is 4.66. The van der Waals surface area contributed by atoms with Crippen LogP contribution in [0.25, 0.3) is 6.08 Å². The van der Waals surface area contributed by atoms with Gasteiger partial charge in [0.25, 0.3) is 0 Å². The lowest BCUT2D eigenvalue weighted by Gasteiger charge is -2.26. The number of nitrogens with zero attached hydrogens (tertiary/aromatic N) is 1. The van der Waals surface area contributed by atoms with Crippen molar-refractivity contribution in [1.82, 2.24) is 0 Å². The number of amides is 2. The first-order chi connectivity index (χ1) is 16.9. The lowest BCUT2D eigenvalue weighted by atomic mass is 9.78. The van der Waals surface area contributed by atoms with Crippen LogP contribution in [-0.4, -0.2) is 35.1 Å². The third-order valence-corrected chi connectivity index (χ3v) is 6.92. The van der Waals surface area contributed by atoms with E-state index >= 15 is 0 Å². The summed E-state index contributed by atoms with van der Waals surface area (Å²) < 4.78 is 19.6. The van der Waals surface area contributed by atoms with Gasteiger partial charge in [-0.05, 0) is 29.8 Å². The zero-order chi connectivity index (χ0) is 24.3. The molecule has 7 heteroatoms. The number of ether oxygens (including phenoxy) is 1. The number of hydrogen-bond donors (Lipinski definition) is 0. The normalized spacial score (nSPS) is 24.6. The number of fused-ring (bicyclic) bond motifs is 3. The predicted octanol–water partition coefficient (Wildman–Crippen LogP) is 3.86. The first-order valence-corrected chi connectivity index (χ1v) is 11.2. The van der Waals surface area contributed by atoms with Gasteiger partial charge in [-0.15, -0.1) is 0 Å². The van der Waals surface area contributed by atoms with Crippen molar-refractivity contribution in [3.05, 3.63) is 107 Å². The van der Waals surface area contributed by atoms with Gasteiger partial charge in [-0.25, -0.2) is 9.29 Å². The fourth-order valence-electron chi connectivity index (χ4n) is 5.36. The lowest BCUT2D eigenvalue weighted by Crippen LogP contribution is -2.51. The second-order valence-electron chi connectivity index (χ2n) is 8.78. The second kappa shape index (κ2) is 7.65. The molecule has 3 aliphatic rings. The molecule has 0 saturated carbocycles. The van der Waals surface area contributed by atoms with Crippen molar-refractivity contribution in [2.45, 2.75) is 11.7 Å². The van der Waals surface area contributed by atoms with E-state index in [1.807, 2.05) is 30.3 Å². The van der Waals surface area contributed by atoms with Crippen LogP contribution in [-0.2, 0) is 14.3 Å². The van der Waals surface area contributed by atoms with Crippen molar-refractivity contribution in [3.63, 3.8) is 0 Å². The van der Waals surface area contributed by atoms with E-state index in [1.54, 1.807) is 24.3 Å². The topological polar surface area (TPSA) is 80.8 Å². The summed E-state index contributed by atoms with van der Waals surface area (Å²) in [5, 5.41) is 0. The lowest BCUT2D eigenvalue weighted by molar-refractivity contribution is -0.126. The van der Waals surface area contributed by atoms with E-state index in [4.69, 9.17) is 4.74 Å². The van der Waals surface area contributed by atoms with Crippen molar-refractivity contribution in [3.8, 4) is 0 Å². The smallest absolute Gasteiger partial charge is 0.241 e. The van der Waals surface area contributed by atoms with Gasteiger partial charge in [0.15, 0.2) is 0 Å². The van der Waals surface area contributed by atoms with E-state index in [0.29, 0.717) is 0 Å². The zero-order valence-corrected chi connectivity index (χ0v) is 18.3. The van der Waals surface area contributed by atoms with Gasteiger partial charge in [-0.2, -0.15) is 0 Å². The molecule has 35 heavy (non-hydrogen) atoms. The van der Waals surface area contributed by atoms with Crippen LogP contribution >= 0.6 is 0 Å². The van der Waals surface area contributed by atoms with Gasteiger partial charge in [0.05, 0.1) is 23.6 Å². The number of halogens is 1. The van der Waals surface area contributed by atoms with Crippen LogP contribution in [0.3, 0.4) is 0 Å². The SMILES string of the molecule is O=C1[C@@H]2[C@H](/C=C/c3ccccc3)OC3(C(=O)c4ccccc4C3=O)[C@@H]2C(=O)N1c1ccc(F)cc1. The first-order valence-electron chi connectivity index (χ1n) is 11.2. The Bertz CT molecular complexity index is 1390. The van der Waals surface area contributed by atoms with E-state index in [1.165, 1.54) is 24.3 Å². The average Bonchev–Trinajstić information content (AvgIpc) is 3.44. The van der Waals surface area contributed by atoms with Crippen LogP contribution in [0.4, 0.5) is 10.1 Å². The largest absolute Gasteiger partial charge is 0.350 e. The van der Waals surface area contributed by atoms with Crippen molar-refractivity contribution in [2.24, 2.45) is 11.8 Å². The van der Waals surface area contributed by atoms with Gasteiger partial charge >= 0.3 is 0 Å². The number of anilines is 1. The molecule has 0 radical (unpaired) electrons. The molecule has 2 saturated heterocycles. The van der Waals surface area contributed by atoms with Crippen LogP contribution in [0.2, 0.25) is 0 Å². The minimum atomic E-state index is -2.12. The van der Waals surface area contributed by atoms with E-state index < -0.39 is 52.7 Å². The van der Waals surface area contributed by atoms with Gasteiger partial charge in [-0.3, -0.25) is 19.2 Å². The molecule has 2 aliphatic heterocycles. The summed E-state index contributed by atoms with van der Waals surface area (Å²) in [5.74, 6) is -5.49. The number of Topliss-reactive ketones (excluding diaryl/α,β-unsaturated/α-hetero) is 2. The molecule has 3 aromatic carbocycles. The fourth-order valence-corrected chi connectivity index (χ4v) is 5.36. The Hall–Kier alpha value is -4.23.